The minimum atomic E-state index is -1.04. The first-order valence-corrected chi connectivity index (χ1v) is 18.7. The van der Waals surface area contributed by atoms with Gasteiger partial charge in [0.25, 0.3) is 0 Å². The monoisotopic (exact) mass is 774 g/mol. The predicted molar refractivity (Wildman–Crippen MR) is 231 cm³/mol. The smallest absolute Gasteiger partial charge is 0.204 e. The number of phenols is 8. The molecule has 0 radical (unpaired) electrons. The van der Waals surface area contributed by atoms with Crippen LogP contribution in [0.5, 0.6) is 46.0 Å². The predicted octanol–water partition coefficient (Wildman–Crippen LogP) is 12.0. The van der Waals surface area contributed by atoms with E-state index in [0.717, 1.165) is 43.3 Å². The van der Waals surface area contributed by atoms with Crippen LogP contribution in [0.4, 0.5) is 0 Å². The number of aromatic hydroxyl groups is 8. The first-order valence-electron chi connectivity index (χ1n) is 18.7. The third-order valence-electron chi connectivity index (χ3n) is 11.6. The van der Waals surface area contributed by atoms with E-state index in [9.17, 15) is 40.9 Å². The molecule has 59 heavy (non-hydrogen) atoms. The minimum absolute atomic E-state index is 0.0279. The molecule has 0 spiro atoms. The van der Waals surface area contributed by atoms with Crippen LogP contribution in [0.1, 0.15) is 0 Å². The molecule has 0 aliphatic heterocycles. The molecule has 0 bridgehead atoms. The molecule has 9 nitrogen and oxygen atoms in total. The minimum Gasteiger partial charge on any atom is -0.504 e. The van der Waals surface area contributed by atoms with Crippen molar-refractivity contribution >= 4 is 75.8 Å². The van der Waals surface area contributed by atoms with Gasteiger partial charge in [0, 0.05) is 43.4 Å². The van der Waals surface area contributed by atoms with Crippen molar-refractivity contribution in [2.24, 2.45) is 0 Å². The van der Waals surface area contributed by atoms with Gasteiger partial charge in [0.05, 0.1) is 0 Å². The van der Waals surface area contributed by atoms with Gasteiger partial charge in [-0.05, 0) is 91.0 Å². The quantitative estimate of drug-likeness (QED) is 0.0376. The lowest BCUT2D eigenvalue weighted by Crippen LogP contribution is -1.95. The summed E-state index contributed by atoms with van der Waals surface area (Å²) in [4.78, 5) is 0. The van der Waals surface area contributed by atoms with E-state index in [1.807, 2.05) is 78.9 Å². The van der Waals surface area contributed by atoms with Gasteiger partial charge in [0.2, 0.25) is 23.0 Å². The molecule has 0 aliphatic rings. The number of furan rings is 1. The Morgan fingerprint density at radius 2 is 0.746 bits per heavy atom. The fourth-order valence-corrected chi connectivity index (χ4v) is 8.86. The molecular formula is C50H30O9. The van der Waals surface area contributed by atoms with E-state index in [1.165, 1.54) is 0 Å². The molecular weight excluding hydrogens is 745 g/mol. The van der Waals surface area contributed by atoms with Crippen molar-refractivity contribution in [3.8, 4) is 79.4 Å². The molecule has 10 aromatic carbocycles. The first kappa shape index (κ1) is 34.0. The standard InChI is InChI=1S/C50H30O9/c51-43-39-37(29-10-5-9-24(19-29)27-14-16-32-28(18-27)13-12-23-6-3-4-11-31(23)32)40-42(46(54)50(58)48(56)44(40)52)38(41(39)45(53)49(57)47(43)55)30-15-17-35-33(21-30)34-20-25-7-1-2-8-26(25)22-36(34)59-35/h1-22,51-58H. The summed E-state index contributed by atoms with van der Waals surface area (Å²) in [6.07, 6.45) is 0. The van der Waals surface area contributed by atoms with Gasteiger partial charge in [0.1, 0.15) is 11.2 Å². The Morgan fingerprint density at radius 3 is 1.39 bits per heavy atom. The molecule has 9 heteroatoms. The van der Waals surface area contributed by atoms with Gasteiger partial charge >= 0.3 is 0 Å². The highest BCUT2D eigenvalue weighted by atomic mass is 16.4. The molecule has 0 aliphatic carbocycles. The molecule has 0 saturated carbocycles. The molecule has 11 aromatic rings. The van der Waals surface area contributed by atoms with E-state index in [-0.39, 0.29) is 32.7 Å². The van der Waals surface area contributed by atoms with Crippen LogP contribution < -0.4 is 0 Å². The molecule has 0 saturated heterocycles. The Balaban J connectivity index is 1.24. The van der Waals surface area contributed by atoms with Crippen LogP contribution >= 0.6 is 0 Å². The Morgan fingerprint density at radius 1 is 0.271 bits per heavy atom. The molecule has 11 rings (SSSR count). The third kappa shape index (κ3) is 4.73. The summed E-state index contributed by atoms with van der Waals surface area (Å²) < 4.78 is 6.22. The number of benzene rings is 10. The van der Waals surface area contributed by atoms with E-state index in [0.29, 0.717) is 33.2 Å². The van der Waals surface area contributed by atoms with Gasteiger partial charge in [0.15, 0.2) is 23.0 Å². The van der Waals surface area contributed by atoms with Crippen molar-refractivity contribution in [3.05, 3.63) is 133 Å². The van der Waals surface area contributed by atoms with Crippen molar-refractivity contribution in [2.45, 2.75) is 0 Å². The van der Waals surface area contributed by atoms with Gasteiger partial charge in [-0.1, -0.05) is 97.1 Å². The van der Waals surface area contributed by atoms with Gasteiger partial charge in [-0.2, -0.15) is 0 Å². The zero-order valence-electron chi connectivity index (χ0n) is 30.7. The molecule has 0 atom stereocenters. The molecule has 0 fully saturated rings. The van der Waals surface area contributed by atoms with Crippen LogP contribution in [-0.4, -0.2) is 40.9 Å². The summed E-state index contributed by atoms with van der Waals surface area (Å²) >= 11 is 0. The van der Waals surface area contributed by atoms with Gasteiger partial charge in [-0.15, -0.1) is 0 Å². The number of hydrogen-bond donors (Lipinski definition) is 8. The Hall–Kier alpha value is -8.30. The molecule has 8 N–H and O–H groups in total. The fraction of sp³-hybridized carbons (Fsp3) is 0. The Bertz CT molecular complexity index is 3580. The molecule has 0 unspecified atom stereocenters. The van der Waals surface area contributed by atoms with Crippen LogP contribution in [0.15, 0.2) is 138 Å². The second-order valence-electron chi connectivity index (χ2n) is 14.9. The van der Waals surface area contributed by atoms with Crippen LogP contribution in [-0.2, 0) is 0 Å². The largest absolute Gasteiger partial charge is 0.504 e. The van der Waals surface area contributed by atoms with E-state index >= 15 is 0 Å². The lowest BCUT2D eigenvalue weighted by molar-refractivity contribution is 0.350. The van der Waals surface area contributed by atoms with Crippen molar-refractivity contribution in [2.75, 3.05) is 0 Å². The molecule has 1 aromatic heterocycles. The number of phenolic OH excluding ortho intramolecular Hbond substituents is 8. The number of fused-ring (bicyclic) bond motifs is 9. The van der Waals surface area contributed by atoms with Crippen molar-refractivity contribution < 1.29 is 45.3 Å². The van der Waals surface area contributed by atoms with E-state index in [1.54, 1.807) is 36.4 Å². The van der Waals surface area contributed by atoms with Crippen LogP contribution in [0.25, 0.3) is 109 Å². The van der Waals surface area contributed by atoms with Crippen LogP contribution in [0, 0.1) is 0 Å². The molecule has 0 amide bonds. The van der Waals surface area contributed by atoms with Gasteiger partial charge in [-0.25, -0.2) is 0 Å². The lowest BCUT2D eigenvalue weighted by Gasteiger charge is -2.22. The number of rotatable bonds is 3. The van der Waals surface area contributed by atoms with Crippen LogP contribution in [0.3, 0.4) is 0 Å². The normalized spacial score (nSPS) is 11.9. The van der Waals surface area contributed by atoms with E-state index < -0.39 is 46.0 Å². The second-order valence-corrected chi connectivity index (χ2v) is 14.9. The third-order valence-corrected chi connectivity index (χ3v) is 11.6. The summed E-state index contributed by atoms with van der Waals surface area (Å²) in [5, 5.41) is 98.2. The zero-order valence-corrected chi connectivity index (χ0v) is 30.7. The van der Waals surface area contributed by atoms with Crippen molar-refractivity contribution in [3.63, 3.8) is 0 Å². The second kappa shape index (κ2) is 12.1. The number of hydrogen-bond acceptors (Lipinski definition) is 9. The highest BCUT2D eigenvalue weighted by Gasteiger charge is 2.32. The average Bonchev–Trinajstić information content (AvgIpc) is 3.63. The van der Waals surface area contributed by atoms with Crippen molar-refractivity contribution in [1.82, 2.24) is 0 Å². The fourth-order valence-electron chi connectivity index (χ4n) is 8.86. The van der Waals surface area contributed by atoms with Gasteiger partial charge < -0.3 is 45.3 Å². The SMILES string of the molecule is Oc1c(O)c(O)c2c(-c3ccc4oc5cc6ccccc6cc5c4c3)c3c(O)c(O)c(O)c(O)c3c(-c3cccc(-c4ccc5c(ccc6ccccc65)c4)c3)c2c1O. The zero-order chi connectivity index (χ0) is 40.4. The highest BCUT2D eigenvalue weighted by molar-refractivity contribution is 6.29. The van der Waals surface area contributed by atoms with E-state index in [4.69, 9.17) is 4.42 Å². The summed E-state index contributed by atoms with van der Waals surface area (Å²) in [7, 11) is 0. The van der Waals surface area contributed by atoms with E-state index in [2.05, 4.69) is 18.2 Å². The topological polar surface area (TPSA) is 175 Å². The maximum absolute atomic E-state index is 11.8. The lowest BCUT2D eigenvalue weighted by atomic mass is 9.83. The summed E-state index contributed by atoms with van der Waals surface area (Å²) in [5.74, 6) is -7.52. The summed E-state index contributed by atoms with van der Waals surface area (Å²) in [6, 6.07) is 42.1. The highest BCUT2D eigenvalue weighted by Crippen LogP contribution is 2.62. The Labute approximate surface area is 333 Å². The van der Waals surface area contributed by atoms with Crippen molar-refractivity contribution in [1.29, 1.82) is 0 Å². The molecule has 1 heterocycles. The average molecular weight is 775 g/mol. The maximum Gasteiger partial charge on any atom is 0.204 e. The first-order chi connectivity index (χ1) is 28.6. The van der Waals surface area contributed by atoms with Gasteiger partial charge in [-0.3, -0.25) is 0 Å². The maximum atomic E-state index is 11.8. The summed E-state index contributed by atoms with van der Waals surface area (Å²) in [6.45, 7) is 0. The summed E-state index contributed by atoms with van der Waals surface area (Å²) in [5.41, 5.74) is 3.21. The Kier molecular flexibility index (Phi) is 6.97. The van der Waals surface area contributed by atoms with Crippen LogP contribution in [0.2, 0.25) is 0 Å². The molecule has 284 valence electrons.